The number of hydrogen-bond donors (Lipinski definition) is 1. The van der Waals surface area contributed by atoms with Gasteiger partial charge in [0.1, 0.15) is 17.9 Å². The van der Waals surface area contributed by atoms with E-state index in [9.17, 15) is 9.59 Å². The highest BCUT2D eigenvalue weighted by molar-refractivity contribution is 5.97. The van der Waals surface area contributed by atoms with Crippen LogP contribution in [0.5, 0.6) is 0 Å². The molecule has 0 aliphatic carbocycles. The van der Waals surface area contributed by atoms with Crippen LogP contribution in [-0.2, 0) is 4.79 Å². The van der Waals surface area contributed by atoms with Crippen LogP contribution in [0, 0.1) is 12.8 Å². The van der Waals surface area contributed by atoms with Crippen molar-refractivity contribution in [2.75, 3.05) is 7.05 Å². The van der Waals surface area contributed by atoms with E-state index in [4.69, 9.17) is 5.11 Å². The van der Waals surface area contributed by atoms with Gasteiger partial charge >= 0.3 is 5.97 Å². The average Bonchev–Trinajstić information content (AvgIpc) is 2.62. The number of aryl methyl sites for hydroxylation is 1. The first-order valence-corrected chi connectivity index (χ1v) is 5.27. The number of rotatable bonds is 4. The van der Waals surface area contributed by atoms with Gasteiger partial charge in [-0.05, 0) is 12.8 Å². The lowest BCUT2D eigenvalue weighted by Crippen LogP contribution is -2.45. The predicted octanol–water partition coefficient (Wildman–Crippen LogP) is 1.16. The van der Waals surface area contributed by atoms with Crippen molar-refractivity contribution in [3.63, 3.8) is 0 Å². The molecule has 6 nitrogen and oxygen atoms in total. The summed E-state index contributed by atoms with van der Waals surface area (Å²) in [5.41, 5.74) is 0.745. The number of carboxylic acid groups (broad SMARTS) is 1. The number of likely N-dealkylation sites (N-methyl/N-ethyl adjacent to an activating group) is 1. The summed E-state index contributed by atoms with van der Waals surface area (Å²) in [4.78, 5) is 24.3. The monoisotopic (exact) mass is 240 g/mol. The summed E-state index contributed by atoms with van der Waals surface area (Å²) >= 11 is 0. The molecule has 0 bridgehead atoms. The highest BCUT2D eigenvalue weighted by Crippen LogP contribution is 2.15. The molecule has 6 heteroatoms. The van der Waals surface area contributed by atoms with Crippen molar-refractivity contribution in [1.82, 2.24) is 10.1 Å². The van der Waals surface area contributed by atoms with Crippen LogP contribution >= 0.6 is 0 Å². The molecule has 0 radical (unpaired) electrons. The van der Waals surface area contributed by atoms with Gasteiger partial charge in [0.15, 0.2) is 0 Å². The topological polar surface area (TPSA) is 83.6 Å². The van der Waals surface area contributed by atoms with Crippen molar-refractivity contribution in [3.05, 3.63) is 17.5 Å². The van der Waals surface area contributed by atoms with E-state index in [1.165, 1.54) is 18.2 Å². The first-order valence-electron chi connectivity index (χ1n) is 5.27. The molecule has 0 spiro atoms. The van der Waals surface area contributed by atoms with Gasteiger partial charge in [0.05, 0.1) is 5.69 Å². The normalized spacial score (nSPS) is 12.5. The summed E-state index contributed by atoms with van der Waals surface area (Å²) in [7, 11) is 1.47. The molecular formula is C11H16N2O4. The van der Waals surface area contributed by atoms with Crippen molar-refractivity contribution in [2.45, 2.75) is 26.8 Å². The van der Waals surface area contributed by atoms with E-state index < -0.39 is 17.9 Å². The Morgan fingerprint density at radius 1 is 1.47 bits per heavy atom. The van der Waals surface area contributed by atoms with Gasteiger partial charge in [-0.25, -0.2) is 4.79 Å². The lowest BCUT2D eigenvalue weighted by atomic mass is 10.0. The number of amides is 1. The molecular weight excluding hydrogens is 224 g/mol. The van der Waals surface area contributed by atoms with E-state index in [1.54, 1.807) is 20.8 Å². The minimum Gasteiger partial charge on any atom is -0.480 e. The van der Waals surface area contributed by atoms with Gasteiger partial charge in [-0.2, -0.15) is 0 Å². The maximum atomic E-state index is 12.0. The standard InChI is InChI=1S/C11H16N2O4/c1-6(2)9(11(15)16)13(4)10(14)8-5-17-12-7(8)3/h5-6,9H,1-4H3,(H,15,16). The number of carboxylic acids is 1. The van der Waals surface area contributed by atoms with Gasteiger partial charge in [-0.1, -0.05) is 19.0 Å². The fourth-order valence-electron chi connectivity index (χ4n) is 1.71. The zero-order chi connectivity index (χ0) is 13.2. The van der Waals surface area contributed by atoms with Crippen LogP contribution in [0.4, 0.5) is 0 Å². The lowest BCUT2D eigenvalue weighted by Gasteiger charge is -2.27. The van der Waals surface area contributed by atoms with Crippen LogP contribution in [-0.4, -0.2) is 40.1 Å². The van der Waals surface area contributed by atoms with E-state index in [-0.39, 0.29) is 5.92 Å². The van der Waals surface area contributed by atoms with E-state index in [0.29, 0.717) is 11.3 Å². The second-order valence-electron chi connectivity index (χ2n) is 4.26. The molecule has 1 heterocycles. The Labute approximate surface area is 99.2 Å². The summed E-state index contributed by atoms with van der Waals surface area (Å²) in [6, 6.07) is -0.864. The Balaban J connectivity index is 2.96. The maximum Gasteiger partial charge on any atom is 0.326 e. The summed E-state index contributed by atoms with van der Waals surface area (Å²) in [5, 5.41) is 12.7. The van der Waals surface area contributed by atoms with Crippen molar-refractivity contribution >= 4 is 11.9 Å². The van der Waals surface area contributed by atoms with Crippen molar-refractivity contribution in [1.29, 1.82) is 0 Å². The van der Waals surface area contributed by atoms with Gasteiger partial charge in [-0.3, -0.25) is 4.79 Å². The summed E-state index contributed by atoms with van der Waals surface area (Å²) < 4.78 is 4.67. The summed E-state index contributed by atoms with van der Waals surface area (Å²) in [6.07, 6.45) is 1.23. The molecule has 94 valence electrons. The third-order valence-corrected chi connectivity index (χ3v) is 2.60. The van der Waals surface area contributed by atoms with Crippen molar-refractivity contribution in [2.24, 2.45) is 5.92 Å². The fraction of sp³-hybridized carbons (Fsp3) is 0.545. The van der Waals surface area contributed by atoms with Crippen molar-refractivity contribution in [3.8, 4) is 0 Å². The van der Waals surface area contributed by atoms with Crippen LogP contribution in [0.3, 0.4) is 0 Å². The average molecular weight is 240 g/mol. The highest BCUT2D eigenvalue weighted by atomic mass is 16.5. The van der Waals surface area contributed by atoms with E-state index in [0.717, 1.165) is 0 Å². The van der Waals surface area contributed by atoms with E-state index in [1.807, 2.05) is 0 Å². The number of aromatic nitrogens is 1. The van der Waals surface area contributed by atoms with Gasteiger partial charge in [-0.15, -0.1) is 0 Å². The molecule has 17 heavy (non-hydrogen) atoms. The van der Waals surface area contributed by atoms with Crippen LogP contribution in [0.15, 0.2) is 10.8 Å². The molecule has 1 aromatic heterocycles. The Bertz CT molecular complexity index is 425. The first kappa shape index (κ1) is 13.2. The molecule has 0 aliphatic rings. The summed E-state index contributed by atoms with van der Waals surface area (Å²) in [6.45, 7) is 5.14. The third-order valence-electron chi connectivity index (χ3n) is 2.60. The number of hydrogen-bond acceptors (Lipinski definition) is 4. The Morgan fingerprint density at radius 2 is 2.06 bits per heavy atom. The molecule has 0 aromatic carbocycles. The predicted molar refractivity (Wildman–Crippen MR) is 59.6 cm³/mol. The number of nitrogens with zero attached hydrogens (tertiary/aromatic N) is 2. The van der Waals surface area contributed by atoms with Crippen LogP contribution in [0.2, 0.25) is 0 Å². The third kappa shape index (κ3) is 2.64. The number of carbonyl (C=O) groups is 2. The smallest absolute Gasteiger partial charge is 0.326 e. The quantitative estimate of drug-likeness (QED) is 0.853. The largest absolute Gasteiger partial charge is 0.480 e. The molecule has 1 amide bonds. The van der Waals surface area contributed by atoms with E-state index >= 15 is 0 Å². The Hall–Kier alpha value is -1.85. The zero-order valence-electron chi connectivity index (χ0n) is 10.3. The second kappa shape index (κ2) is 4.99. The van der Waals surface area contributed by atoms with Gasteiger partial charge in [0, 0.05) is 7.05 Å². The zero-order valence-corrected chi connectivity index (χ0v) is 10.3. The minimum absolute atomic E-state index is 0.179. The fourth-order valence-corrected chi connectivity index (χ4v) is 1.71. The molecule has 1 rings (SSSR count). The lowest BCUT2D eigenvalue weighted by molar-refractivity contribution is -0.143. The van der Waals surface area contributed by atoms with Gasteiger partial charge in [0.2, 0.25) is 0 Å². The molecule has 1 unspecified atom stereocenters. The highest BCUT2D eigenvalue weighted by Gasteiger charge is 2.31. The van der Waals surface area contributed by atoms with Gasteiger partial charge < -0.3 is 14.5 Å². The minimum atomic E-state index is -1.02. The molecule has 0 aliphatic heterocycles. The van der Waals surface area contributed by atoms with Crippen LogP contribution < -0.4 is 0 Å². The van der Waals surface area contributed by atoms with Crippen LogP contribution in [0.25, 0.3) is 0 Å². The molecule has 0 fully saturated rings. The molecule has 1 aromatic rings. The Morgan fingerprint density at radius 3 is 2.41 bits per heavy atom. The first-order chi connectivity index (χ1) is 7.86. The van der Waals surface area contributed by atoms with Gasteiger partial charge in [0.25, 0.3) is 5.91 Å². The molecule has 0 saturated heterocycles. The Kier molecular flexibility index (Phi) is 3.88. The molecule has 1 atom stereocenters. The summed E-state index contributed by atoms with van der Waals surface area (Å²) in [5.74, 6) is -1.60. The number of aliphatic carboxylic acids is 1. The van der Waals surface area contributed by atoms with E-state index in [2.05, 4.69) is 9.68 Å². The molecule has 0 saturated carbocycles. The molecule has 1 N–H and O–H groups in total. The second-order valence-corrected chi connectivity index (χ2v) is 4.26. The van der Waals surface area contributed by atoms with Crippen LogP contribution in [0.1, 0.15) is 29.9 Å². The SMILES string of the molecule is Cc1nocc1C(=O)N(C)C(C(=O)O)C(C)C. The van der Waals surface area contributed by atoms with Crippen molar-refractivity contribution < 1.29 is 19.2 Å². The number of carbonyl (C=O) groups excluding carboxylic acids is 1. The maximum absolute atomic E-state index is 12.0.